The molecule has 0 aliphatic rings. The van der Waals surface area contributed by atoms with Gasteiger partial charge in [0.05, 0.1) is 0 Å². The van der Waals surface area contributed by atoms with Crippen LogP contribution in [-0.4, -0.2) is 12.6 Å². The second-order valence-electron chi connectivity index (χ2n) is 1.57. The number of hydrogen-bond acceptors (Lipinski definition) is 2. The molecule has 0 rings (SSSR count). The van der Waals surface area contributed by atoms with E-state index in [4.69, 9.17) is 0 Å². The summed E-state index contributed by atoms with van der Waals surface area (Å²) in [6.45, 7) is 2.51. The Morgan fingerprint density at radius 1 is 1.67 bits per heavy atom. The summed E-state index contributed by atoms with van der Waals surface area (Å²) in [6.07, 6.45) is 0.701. The number of rotatable bonds is 3. The molecule has 0 bridgehead atoms. The third kappa shape index (κ3) is 12.2. The molecule has 0 atom stereocenters. The van der Waals surface area contributed by atoms with Crippen LogP contribution in [0.1, 0.15) is 19.8 Å². The molecule has 1 N–H and O–H groups in total. The van der Waals surface area contributed by atoms with E-state index in [2.05, 4.69) is 5.32 Å². The Balaban J connectivity index is 0. The predicted molar refractivity (Wildman–Crippen MR) is 28.3 cm³/mol. The molecule has 0 fully saturated rings. The summed E-state index contributed by atoms with van der Waals surface area (Å²) >= 11 is 0. The monoisotopic (exact) mass is 155 g/mol. The van der Waals surface area contributed by atoms with Crippen LogP contribution >= 0.6 is 0 Å². The smallest absolute Gasteiger partial charge is 0.530 e. The Morgan fingerprint density at radius 2 is 2.22 bits per heavy atom. The van der Waals surface area contributed by atoms with Crippen molar-refractivity contribution >= 4 is 6.09 Å². The number of amides is 1. The molecule has 0 aromatic heterocycles. The molecule has 0 saturated heterocycles. The van der Waals surface area contributed by atoms with Gasteiger partial charge < -0.3 is 15.2 Å². The van der Waals surface area contributed by atoms with Gasteiger partial charge in [-0.3, -0.25) is 0 Å². The first-order valence-corrected chi connectivity index (χ1v) is 2.72. The minimum absolute atomic E-state index is 0. The van der Waals surface area contributed by atoms with Crippen LogP contribution in [-0.2, 0) is 0 Å². The third-order valence-corrected chi connectivity index (χ3v) is 0.800. The fourth-order valence-corrected chi connectivity index (χ4v) is 0.367. The Labute approximate surface area is 97.6 Å². The van der Waals surface area contributed by atoms with E-state index in [1.807, 2.05) is 6.92 Å². The van der Waals surface area contributed by atoms with Crippen molar-refractivity contribution in [1.29, 1.82) is 0 Å². The van der Waals surface area contributed by atoms with Crippen LogP contribution in [0.5, 0.6) is 0 Å². The van der Waals surface area contributed by atoms with Crippen molar-refractivity contribution in [2.24, 2.45) is 0 Å². The maximum absolute atomic E-state index is 9.65. The van der Waals surface area contributed by atoms with Crippen molar-refractivity contribution in [1.82, 2.24) is 5.32 Å². The Kier molecular flexibility index (Phi) is 12.4. The standard InChI is InChI=1S/C5H11NO2.K/c1-2-3-4-6-5(7)8;/h6H,2-4H2,1H3,(H,7,8);/q;+1/p-1. The van der Waals surface area contributed by atoms with Crippen LogP contribution in [0.25, 0.3) is 0 Å². The van der Waals surface area contributed by atoms with Crippen molar-refractivity contribution in [3.63, 3.8) is 0 Å². The molecule has 0 saturated carbocycles. The molecule has 0 spiro atoms. The topological polar surface area (TPSA) is 52.2 Å². The van der Waals surface area contributed by atoms with Crippen LogP contribution in [0.4, 0.5) is 4.79 Å². The first kappa shape index (κ1) is 12.6. The molecular formula is C5H10KNO2. The molecule has 0 aliphatic carbocycles. The van der Waals surface area contributed by atoms with E-state index in [0.717, 1.165) is 12.8 Å². The third-order valence-electron chi connectivity index (χ3n) is 0.800. The Hall–Kier alpha value is 0.906. The van der Waals surface area contributed by atoms with Gasteiger partial charge in [-0.15, -0.1) is 0 Å². The van der Waals surface area contributed by atoms with Crippen LogP contribution in [0.2, 0.25) is 0 Å². The Morgan fingerprint density at radius 3 is 2.56 bits per heavy atom. The van der Waals surface area contributed by atoms with Crippen molar-refractivity contribution in [2.45, 2.75) is 19.8 Å². The molecule has 4 heteroatoms. The molecular weight excluding hydrogens is 145 g/mol. The number of carbonyl (C=O) groups is 1. The van der Waals surface area contributed by atoms with Crippen molar-refractivity contribution in [3.05, 3.63) is 0 Å². The van der Waals surface area contributed by atoms with Gasteiger partial charge in [-0.1, -0.05) is 13.3 Å². The minimum Gasteiger partial charge on any atom is -0.530 e. The molecule has 3 nitrogen and oxygen atoms in total. The minimum atomic E-state index is -1.18. The second kappa shape index (κ2) is 8.91. The predicted octanol–water partition coefficient (Wildman–Crippen LogP) is -3.28. The first-order valence-electron chi connectivity index (χ1n) is 2.72. The molecule has 9 heavy (non-hydrogen) atoms. The largest absolute Gasteiger partial charge is 1.00 e. The molecule has 48 valence electrons. The summed E-state index contributed by atoms with van der Waals surface area (Å²) < 4.78 is 0. The quantitative estimate of drug-likeness (QED) is 0.343. The summed E-state index contributed by atoms with van der Waals surface area (Å²) in [6, 6.07) is 0. The SMILES string of the molecule is CCCCNC(=O)[O-].[K+]. The zero-order valence-electron chi connectivity index (χ0n) is 5.94. The van der Waals surface area contributed by atoms with E-state index < -0.39 is 6.09 Å². The Bertz CT molecular complexity index is 77.4. The van der Waals surface area contributed by atoms with Crippen LogP contribution in [0.15, 0.2) is 0 Å². The van der Waals surface area contributed by atoms with Gasteiger partial charge in [-0.25, -0.2) is 0 Å². The average molecular weight is 155 g/mol. The number of carboxylic acid groups (broad SMARTS) is 1. The first-order chi connectivity index (χ1) is 3.77. The number of carbonyl (C=O) groups excluding carboxylic acids is 1. The number of unbranched alkanes of at least 4 members (excludes halogenated alkanes) is 1. The number of hydrogen-bond donors (Lipinski definition) is 1. The maximum Gasteiger partial charge on any atom is 1.00 e. The van der Waals surface area contributed by atoms with Crippen molar-refractivity contribution < 1.29 is 61.3 Å². The molecule has 1 amide bonds. The van der Waals surface area contributed by atoms with Gasteiger partial charge in [0.1, 0.15) is 6.09 Å². The van der Waals surface area contributed by atoms with Gasteiger partial charge in [0.25, 0.3) is 0 Å². The average Bonchev–Trinajstić information content (AvgIpc) is 1.66. The number of nitrogens with one attached hydrogen (secondary N) is 1. The molecule has 0 radical (unpaired) electrons. The molecule has 0 aromatic carbocycles. The van der Waals surface area contributed by atoms with Gasteiger partial charge in [0, 0.05) is 6.54 Å². The molecule has 0 unspecified atom stereocenters. The zero-order valence-corrected chi connectivity index (χ0v) is 9.06. The molecule has 0 heterocycles. The van der Waals surface area contributed by atoms with Gasteiger partial charge in [0.2, 0.25) is 0 Å². The van der Waals surface area contributed by atoms with Crippen molar-refractivity contribution in [2.75, 3.05) is 6.54 Å². The van der Waals surface area contributed by atoms with E-state index in [1.165, 1.54) is 0 Å². The van der Waals surface area contributed by atoms with Gasteiger partial charge in [0.15, 0.2) is 0 Å². The fourth-order valence-electron chi connectivity index (χ4n) is 0.367. The normalized spacial score (nSPS) is 7.67. The fraction of sp³-hybridized carbons (Fsp3) is 0.800. The summed E-state index contributed by atoms with van der Waals surface area (Å²) in [5.74, 6) is 0. The van der Waals surface area contributed by atoms with Gasteiger partial charge in [-0.2, -0.15) is 0 Å². The summed E-state index contributed by atoms with van der Waals surface area (Å²) in [7, 11) is 0. The van der Waals surface area contributed by atoms with E-state index >= 15 is 0 Å². The van der Waals surface area contributed by atoms with E-state index in [-0.39, 0.29) is 51.4 Å². The van der Waals surface area contributed by atoms with E-state index in [0.29, 0.717) is 6.54 Å². The summed E-state index contributed by atoms with van der Waals surface area (Å²) in [4.78, 5) is 9.65. The summed E-state index contributed by atoms with van der Waals surface area (Å²) in [5, 5.41) is 11.8. The van der Waals surface area contributed by atoms with Crippen molar-refractivity contribution in [3.8, 4) is 0 Å². The van der Waals surface area contributed by atoms with Crippen LogP contribution < -0.4 is 61.8 Å². The van der Waals surface area contributed by atoms with E-state index in [9.17, 15) is 9.90 Å². The zero-order chi connectivity index (χ0) is 6.41. The maximum atomic E-state index is 9.65. The van der Waals surface area contributed by atoms with Crippen LogP contribution in [0, 0.1) is 0 Å². The van der Waals surface area contributed by atoms with Gasteiger partial charge >= 0.3 is 51.4 Å². The van der Waals surface area contributed by atoms with Gasteiger partial charge in [-0.05, 0) is 6.42 Å². The second-order valence-corrected chi connectivity index (χ2v) is 1.57. The van der Waals surface area contributed by atoms with E-state index in [1.54, 1.807) is 0 Å². The molecule has 0 aromatic rings. The summed E-state index contributed by atoms with van der Waals surface area (Å²) in [5.41, 5.74) is 0. The molecule has 0 aliphatic heterocycles. The van der Waals surface area contributed by atoms with Crippen LogP contribution in [0.3, 0.4) is 0 Å².